The van der Waals surface area contributed by atoms with Gasteiger partial charge in [0.05, 0.1) is 22.5 Å². The number of halogens is 4. The summed E-state index contributed by atoms with van der Waals surface area (Å²) in [5.41, 5.74) is 0.666. The SMILES string of the molecule is Fc1ccc(-c2cccc([Si](c3ccccc3)(c3ccccc3)c3cccc(-c4ccc(F)nc4F)n3)n2)c(F)n1. The van der Waals surface area contributed by atoms with Gasteiger partial charge in [-0.25, -0.2) is 0 Å². The fourth-order valence-electron chi connectivity index (χ4n) is 5.06. The molecule has 9 heteroatoms. The molecule has 0 amide bonds. The first-order chi connectivity index (χ1) is 20.0. The topological polar surface area (TPSA) is 51.6 Å². The van der Waals surface area contributed by atoms with Crippen molar-refractivity contribution in [2.75, 3.05) is 0 Å². The monoisotopic (exact) mass is 564 g/mol. The number of benzene rings is 2. The molecule has 0 atom stereocenters. The maximum atomic E-state index is 14.8. The van der Waals surface area contributed by atoms with Crippen LogP contribution in [0.5, 0.6) is 0 Å². The minimum atomic E-state index is -3.34. The molecule has 0 saturated heterocycles. The minimum Gasteiger partial charge on any atom is -0.256 e. The van der Waals surface area contributed by atoms with Crippen molar-refractivity contribution in [3.63, 3.8) is 0 Å². The molecule has 4 heterocycles. The van der Waals surface area contributed by atoms with Crippen LogP contribution in [0.2, 0.25) is 0 Å². The van der Waals surface area contributed by atoms with Crippen LogP contribution >= 0.6 is 0 Å². The Kier molecular flexibility index (Phi) is 6.94. The summed E-state index contributed by atoms with van der Waals surface area (Å²) in [4.78, 5) is 16.6. The van der Waals surface area contributed by atoms with Crippen LogP contribution in [0.15, 0.2) is 121 Å². The van der Waals surface area contributed by atoms with Crippen molar-refractivity contribution in [3.8, 4) is 22.5 Å². The molecule has 41 heavy (non-hydrogen) atoms. The Hall–Kier alpha value is -5.02. The van der Waals surface area contributed by atoms with Crippen LogP contribution in [0.1, 0.15) is 0 Å². The highest BCUT2D eigenvalue weighted by molar-refractivity contribution is 7.19. The summed E-state index contributed by atoms with van der Waals surface area (Å²) in [7, 11) is -3.34. The standard InChI is InChI=1S/C32H20F4N4Si/c33-27-19-17-23(31(35)39-27)25-13-7-15-29(37-25)41(21-9-3-1-4-10-21,22-11-5-2-6-12-22)30-16-8-14-26(38-30)24-18-20-28(34)40-32(24)36/h1-20H. The van der Waals surface area contributed by atoms with Gasteiger partial charge in [0.15, 0.2) is 0 Å². The molecule has 6 rings (SSSR count). The molecule has 0 fully saturated rings. The van der Waals surface area contributed by atoms with Crippen LogP contribution in [0, 0.1) is 23.8 Å². The van der Waals surface area contributed by atoms with Crippen LogP contribution < -0.4 is 21.0 Å². The second kappa shape index (κ2) is 10.9. The van der Waals surface area contributed by atoms with Crippen LogP contribution in [0.4, 0.5) is 17.6 Å². The lowest BCUT2D eigenvalue weighted by Gasteiger charge is -2.32. The van der Waals surface area contributed by atoms with E-state index in [4.69, 9.17) is 9.97 Å². The van der Waals surface area contributed by atoms with Gasteiger partial charge in [0.1, 0.15) is 0 Å². The Labute approximate surface area is 234 Å². The zero-order chi connectivity index (χ0) is 28.4. The summed E-state index contributed by atoms with van der Waals surface area (Å²) in [5, 5.41) is 3.10. The molecule has 2 aromatic carbocycles. The zero-order valence-electron chi connectivity index (χ0n) is 21.3. The van der Waals surface area contributed by atoms with Gasteiger partial charge < -0.3 is 0 Å². The van der Waals surface area contributed by atoms with Gasteiger partial charge in [-0.05, 0) is 58.9 Å². The fourth-order valence-corrected chi connectivity index (χ4v) is 9.49. The smallest absolute Gasteiger partial charge is 0.224 e. The lowest BCUT2D eigenvalue weighted by Crippen LogP contribution is -2.76. The third-order valence-corrected chi connectivity index (χ3v) is 11.4. The van der Waals surface area contributed by atoms with E-state index in [0.717, 1.165) is 22.5 Å². The highest BCUT2D eigenvalue weighted by Gasteiger charge is 2.44. The number of rotatable bonds is 6. The molecule has 4 aromatic heterocycles. The lowest BCUT2D eigenvalue weighted by atomic mass is 10.2. The van der Waals surface area contributed by atoms with Gasteiger partial charge >= 0.3 is 0 Å². The average molecular weight is 565 g/mol. The first-order valence-electron chi connectivity index (χ1n) is 12.7. The van der Waals surface area contributed by atoms with Crippen molar-refractivity contribution in [1.82, 2.24) is 19.9 Å². The molecule has 0 N–H and O–H groups in total. The number of hydrogen-bond donors (Lipinski definition) is 0. The van der Waals surface area contributed by atoms with E-state index < -0.39 is 31.9 Å². The van der Waals surface area contributed by atoms with Crippen molar-refractivity contribution in [3.05, 3.63) is 145 Å². The number of hydrogen-bond acceptors (Lipinski definition) is 4. The normalized spacial score (nSPS) is 11.4. The molecule has 0 radical (unpaired) electrons. The predicted molar refractivity (Wildman–Crippen MR) is 152 cm³/mol. The molecule has 0 saturated carbocycles. The van der Waals surface area contributed by atoms with Crippen LogP contribution in [-0.2, 0) is 0 Å². The molecule has 0 spiro atoms. The van der Waals surface area contributed by atoms with E-state index in [1.54, 1.807) is 24.3 Å². The summed E-state index contributed by atoms with van der Waals surface area (Å²) < 4.78 is 56.8. The first-order valence-corrected chi connectivity index (χ1v) is 14.7. The maximum absolute atomic E-state index is 14.8. The predicted octanol–water partition coefficient (Wildman–Crippen LogP) is 4.53. The summed E-state index contributed by atoms with van der Waals surface area (Å²) in [6, 6.07) is 34.7. The Morgan fingerprint density at radius 1 is 0.390 bits per heavy atom. The molecule has 6 aromatic rings. The van der Waals surface area contributed by atoms with E-state index in [9.17, 15) is 17.6 Å². The summed E-state index contributed by atoms with van der Waals surface area (Å²) in [6.07, 6.45) is 0. The minimum absolute atomic E-state index is 0.0541. The lowest BCUT2D eigenvalue weighted by molar-refractivity contribution is 0.514. The Morgan fingerprint density at radius 2 is 0.805 bits per heavy atom. The van der Waals surface area contributed by atoms with E-state index in [-0.39, 0.29) is 22.5 Å². The Bertz CT molecular complexity index is 1720. The molecule has 0 aliphatic carbocycles. The van der Waals surface area contributed by atoms with Crippen molar-refractivity contribution in [2.24, 2.45) is 0 Å². The van der Waals surface area contributed by atoms with Crippen LogP contribution in [-0.4, -0.2) is 28.0 Å². The highest BCUT2D eigenvalue weighted by atomic mass is 28.3. The molecule has 4 nitrogen and oxygen atoms in total. The summed E-state index contributed by atoms with van der Waals surface area (Å²) in [6.45, 7) is 0. The molecule has 200 valence electrons. The van der Waals surface area contributed by atoms with Gasteiger partial charge in [0.2, 0.25) is 31.9 Å². The van der Waals surface area contributed by atoms with Gasteiger partial charge in [-0.2, -0.15) is 27.5 Å². The molecule has 0 aliphatic rings. The van der Waals surface area contributed by atoms with Gasteiger partial charge in [0, 0.05) is 10.6 Å². The quantitative estimate of drug-likeness (QED) is 0.170. The van der Waals surface area contributed by atoms with Gasteiger partial charge in [-0.3, -0.25) is 9.97 Å². The van der Waals surface area contributed by atoms with E-state index in [0.29, 0.717) is 10.6 Å². The number of pyridine rings is 4. The first kappa shape index (κ1) is 26.2. The average Bonchev–Trinajstić information content (AvgIpc) is 2.99. The molecular formula is C32H20F4N4Si. The second-order valence-electron chi connectivity index (χ2n) is 9.24. The molecular weight excluding hydrogens is 544 g/mol. The fraction of sp³-hybridized carbons (Fsp3) is 0. The zero-order valence-corrected chi connectivity index (χ0v) is 22.3. The van der Waals surface area contributed by atoms with Gasteiger partial charge in [-0.1, -0.05) is 72.8 Å². The van der Waals surface area contributed by atoms with Crippen LogP contribution in [0.25, 0.3) is 22.5 Å². The summed E-state index contributed by atoms with van der Waals surface area (Å²) in [5.74, 6) is -3.80. The van der Waals surface area contributed by atoms with Gasteiger partial charge in [-0.15, -0.1) is 0 Å². The molecule has 0 unspecified atom stereocenters. The third-order valence-electron chi connectivity index (χ3n) is 6.86. The van der Waals surface area contributed by atoms with Crippen molar-refractivity contribution in [1.29, 1.82) is 0 Å². The van der Waals surface area contributed by atoms with E-state index >= 15 is 0 Å². The van der Waals surface area contributed by atoms with E-state index in [1.165, 1.54) is 12.1 Å². The summed E-state index contributed by atoms with van der Waals surface area (Å²) >= 11 is 0. The maximum Gasteiger partial charge on any atom is 0.224 e. The van der Waals surface area contributed by atoms with E-state index in [2.05, 4.69) is 9.97 Å². The molecule has 0 bridgehead atoms. The van der Waals surface area contributed by atoms with Gasteiger partial charge in [0.25, 0.3) is 0 Å². The van der Waals surface area contributed by atoms with Crippen molar-refractivity contribution in [2.45, 2.75) is 0 Å². The highest BCUT2D eigenvalue weighted by Crippen LogP contribution is 2.22. The Morgan fingerprint density at radius 3 is 1.20 bits per heavy atom. The third kappa shape index (κ3) is 4.80. The molecule has 0 aliphatic heterocycles. The van der Waals surface area contributed by atoms with Crippen LogP contribution in [0.3, 0.4) is 0 Å². The second-order valence-corrected chi connectivity index (χ2v) is 12.9. The number of nitrogens with zero attached hydrogens (tertiary/aromatic N) is 4. The van der Waals surface area contributed by atoms with Crippen molar-refractivity contribution >= 4 is 29.1 Å². The van der Waals surface area contributed by atoms with E-state index in [1.807, 2.05) is 72.8 Å². The largest absolute Gasteiger partial charge is 0.256 e. The van der Waals surface area contributed by atoms with Crippen molar-refractivity contribution < 1.29 is 17.6 Å². The number of aromatic nitrogens is 4. The Balaban J connectivity index is 1.67.